The molecular weight excluding hydrogens is 262 g/mol. The van der Waals surface area contributed by atoms with E-state index < -0.39 is 17.4 Å². The van der Waals surface area contributed by atoms with E-state index in [0.717, 1.165) is 19.3 Å². The van der Waals surface area contributed by atoms with Crippen molar-refractivity contribution in [1.82, 2.24) is 20.5 Å². The van der Waals surface area contributed by atoms with Gasteiger partial charge in [0.15, 0.2) is 0 Å². The molecule has 0 saturated heterocycles. The maximum absolute atomic E-state index is 12.0. The standard InChI is InChI=1S/C12H19N5O3/c1-2-7-3-5-12(6-4-7,10(19)20)15-9(18)8-14-11(13)17-16-8/h7H,2-6H2,1H3,(H,15,18)(H,19,20)(H3,13,14,16,17). The minimum Gasteiger partial charge on any atom is -0.480 e. The van der Waals surface area contributed by atoms with Crippen LogP contribution in [0.2, 0.25) is 0 Å². The summed E-state index contributed by atoms with van der Waals surface area (Å²) >= 11 is 0. The van der Waals surface area contributed by atoms with E-state index in [1.54, 1.807) is 0 Å². The Hall–Kier alpha value is -2.12. The van der Waals surface area contributed by atoms with Crippen molar-refractivity contribution in [3.63, 3.8) is 0 Å². The van der Waals surface area contributed by atoms with Crippen LogP contribution in [0.4, 0.5) is 5.95 Å². The predicted octanol–water partition coefficient (Wildman–Crippen LogP) is 0.540. The van der Waals surface area contributed by atoms with Gasteiger partial charge in [-0.25, -0.2) is 4.79 Å². The van der Waals surface area contributed by atoms with Gasteiger partial charge in [-0.1, -0.05) is 13.3 Å². The van der Waals surface area contributed by atoms with E-state index in [9.17, 15) is 14.7 Å². The highest BCUT2D eigenvalue weighted by atomic mass is 16.4. The number of anilines is 1. The molecule has 0 radical (unpaired) electrons. The lowest BCUT2D eigenvalue weighted by molar-refractivity contribution is -0.146. The molecule has 1 aliphatic rings. The molecule has 1 fully saturated rings. The van der Waals surface area contributed by atoms with Crippen molar-refractivity contribution in [3.8, 4) is 0 Å². The van der Waals surface area contributed by atoms with Gasteiger partial charge in [-0.05, 0) is 31.6 Å². The van der Waals surface area contributed by atoms with E-state index in [4.69, 9.17) is 5.73 Å². The van der Waals surface area contributed by atoms with Crippen molar-refractivity contribution in [2.75, 3.05) is 5.73 Å². The minimum absolute atomic E-state index is 0.0470. The van der Waals surface area contributed by atoms with Gasteiger partial charge in [0.05, 0.1) is 0 Å². The lowest BCUT2D eigenvalue weighted by atomic mass is 9.75. The second-order valence-corrected chi connectivity index (χ2v) is 5.24. The first-order chi connectivity index (χ1) is 9.47. The highest BCUT2D eigenvalue weighted by Gasteiger charge is 2.43. The predicted molar refractivity (Wildman–Crippen MR) is 70.9 cm³/mol. The van der Waals surface area contributed by atoms with E-state index in [1.165, 1.54) is 0 Å². The number of nitrogens with two attached hydrogens (primary N) is 1. The zero-order chi connectivity index (χ0) is 14.8. The Morgan fingerprint density at radius 3 is 2.60 bits per heavy atom. The first-order valence-electron chi connectivity index (χ1n) is 6.70. The molecule has 1 heterocycles. The normalized spacial score (nSPS) is 26.1. The molecule has 20 heavy (non-hydrogen) atoms. The van der Waals surface area contributed by atoms with Crippen LogP contribution in [0.25, 0.3) is 0 Å². The van der Waals surface area contributed by atoms with Crippen molar-refractivity contribution in [2.45, 2.75) is 44.6 Å². The molecule has 1 aromatic rings. The quantitative estimate of drug-likeness (QED) is 0.636. The Balaban J connectivity index is 2.10. The van der Waals surface area contributed by atoms with E-state index in [1.807, 2.05) is 0 Å². The number of aliphatic carboxylic acids is 1. The Morgan fingerprint density at radius 2 is 2.15 bits per heavy atom. The molecule has 0 aliphatic heterocycles. The van der Waals surface area contributed by atoms with Crippen LogP contribution in [0.5, 0.6) is 0 Å². The number of amides is 1. The van der Waals surface area contributed by atoms with Crippen LogP contribution in [0.3, 0.4) is 0 Å². The third kappa shape index (κ3) is 2.73. The van der Waals surface area contributed by atoms with Gasteiger partial charge in [0.1, 0.15) is 5.54 Å². The summed E-state index contributed by atoms with van der Waals surface area (Å²) in [5, 5.41) is 18.0. The fourth-order valence-corrected chi connectivity index (χ4v) is 2.62. The van der Waals surface area contributed by atoms with Gasteiger partial charge >= 0.3 is 5.97 Å². The molecule has 1 saturated carbocycles. The number of rotatable bonds is 4. The number of aromatic amines is 1. The molecule has 0 unspecified atom stereocenters. The Morgan fingerprint density at radius 1 is 1.50 bits per heavy atom. The summed E-state index contributed by atoms with van der Waals surface area (Å²) in [7, 11) is 0. The summed E-state index contributed by atoms with van der Waals surface area (Å²) in [5.41, 5.74) is 4.11. The SMILES string of the molecule is CCC1CCC(NC(=O)c2nc(N)n[nH]2)(C(=O)O)CC1. The number of carboxylic acids is 1. The molecule has 5 N–H and O–H groups in total. The smallest absolute Gasteiger partial charge is 0.329 e. The molecule has 0 aromatic carbocycles. The first kappa shape index (κ1) is 14.3. The van der Waals surface area contributed by atoms with Crippen LogP contribution in [0.1, 0.15) is 49.6 Å². The number of nitrogens with zero attached hydrogens (tertiary/aromatic N) is 2. The highest BCUT2D eigenvalue weighted by Crippen LogP contribution is 2.34. The molecule has 0 bridgehead atoms. The summed E-state index contributed by atoms with van der Waals surface area (Å²) in [4.78, 5) is 27.3. The van der Waals surface area contributed by atoms with Gasteiger partial charge in [0.2, 0.25) is 11.8 Å². The Bertz CT molecular complexity index is 505. The molecule has 0 atom stereocenters. The van der Waals surface area contributed by atoms with E-state index in [-0.39, 0.29) is 11.8 Å². The summed E-state index contributed by atoms with van der Waals surface area (Å²) < 4.78 is 0. The second-order valence-electron chi connectivity index (χ2n) is 5.24. The van der Waals surface area contributed by atoms with Crippen LogP contribution in [-0.4, -0.2) is 37.7 Å². The zero-order valence-electron chi connectivity index (χ0n) is 11.3. The van der Waals surface area contributed by atoms with Crippen LogP contribution in [0.15, 0.2) is 0 Å². The minimum atomic E-state index is -1.22. The van der Waals surface area contributed by atoms with Crippen molar-refractivity contribution in [2.24, 2.45) is 5.92 Å². The van der Waals surface area contributed by atoms with E-state index in [2.05, 4.69) is 27.4 Å². The molecule has 8 nitrogen and oxygen atoms in total. The zero-order valence-corrected chi connectivity index (χ0v) is 11.3. The van der Waals surface area contributed by atoms with Crippen LogP contribution >= 0.6 is 0 Å². The van der Waals surface area contributed by atoms with Gasteiger partial charge in [0.25, 0.3) is 5.91 Å². The fourth-order valence-electron chi connectivity index (χ4n) is 2.62. The number of aromatic nitrogens is 3. The summed E-state index contributed by atoms with van der Waals surface area (Å²) in [6, 6.07) is 0. The highest BCUT2D eigenvalue weighted by molar-refractivity contribution is 5.95. The van der Waals surface area contributed by atoms with Gasteiger partial charge in [0, 0.05) is 0 Å². The van der Waals surface area contributed by atoms with Gasteiger partial charge in [-0.3, -0.25) is 9.89 Å². The largest absolute Gasteiger partial charge is 0.480 e. The molecule has 0 spiro atoms. The molecule has 1 amide bonds. The number of carbonyl (C=O) groups excluding carboxylic acids is 1. The van der Waals surface area contributed by atoms with E-state index in [0.29, 0.717) is 18.8 Å². The third-order valence-corrected chi connectivity index (χ3v) is 4.02. The number of hydrogen-bond donors (Lipinski definition) is 4. The molecule has 8 heteroatoms. The second kappa shape index (κ2) is 5.48. The Labute approximate surface area is 116 Å². The number of nitrogens with one attached hydrogen (secondary N) is 2. The molecule has 2 rings (SSSR count). The molecule has 1 aliphatic carbocycles. The van der Waals surface area contributed by atoms with Gasteiger partial charge in [-0.2, -0.15) is 4.98 Å². The average Bonchev–Trinajstić information content (AvgIpc) is 2.86. The van der Waals surface area contributed by atoms with Gasteiger partial charge in [-0.15, -0.1) is 5.10 Å². The lowest BCUT2D eigenvalue weighted by Crippen LogP contribution is -2.56. The topological polar surface area (TPSA) is 134 Å². The number of nitrogen functional groups attached to an aromatic ring is 1. The van der Waals surface area contributed by atoms with Crippen molar-refractivity contribution < 1.29 is 14.7 Å². The van der Waals surface area contributed by atoms with Crippen molar-refractivity contribution in [3.05, 3.63) is 5.82 Å². The van der Waals surface area contributed by atoms with Gasteiger partial charge < -0.3 is 16.2 Å². The molecule has 110 valence electrons. The van der Waals surface area contributed by atoms with Crippen molar-refractivity contribution in [1.29, 1.82) is 0 Å². The summed E-state index contributed by atoms with van der Waals surface area (Å²) in [6.45, 7) is 2.09. The third-order valence-electron chi connectivity index (χ3n) is 4.02. The number of carboxylic acid groups (broad SMARTS) is 1. The summed E-state index contributed by atoms with van der Waals surface area (Å²) in [6.07, 6.45) is 3.47. The maximum atomic E-state index is 12.0. The number of hydrogen-bond acceptors (Lipinski definition) is 5. The maximum Gasteiger partial charge on any atom is 0.329 e. The molecule has 1 aromatic heterocycles. The first-order valence-corrected chi connectivity index (χ1v) is 6.70. The van der Waals surface area contributed by atoms with Crippen LogP contribution in [0, 0.1) is 5.92 Å². The Kier molecular flexibility index (Phi) is 3.91. The van der Waals surface area contributed by atoms with Crippen molar-refractivity contribution >= 4 is 17.8 Å². The molecular formula is C12H19N5O3. The fraction of sp³-hybridized carbons (Fsp3) is 0.667. The average molecular weight is 281 g/mol. The van der Waals surface area contributed by atoms with Crippen LogP contribution < -0.4 is 11.1 Å². The van der Waals surface area contributed by atoms with E-state index >= 15 is 0 Å². The number of H-pyrrole nitrogens is 1. The number of carbonyl (C=O) groups is 2. The van der Waals surface area contributed by atoms with Crippen LogP contribution in [-0.2, 0) is 4.79 Å². The lowest BCUT2D eigenvalue weighted by Gasteiger charge is -2.36. The summed E-state index contributed by atoms with van der Waals surface area (Å²) in [5.74, 6) is -1.19. The monoisotopic (exact) mass is 281 g/mol.